The predicted octanol–water partition coefficient (Wildman–Crippen LogP) is 5.76. The summed E-state index contributed by atoms with van der Waals surface area (Å²) < 4.78 is 1.17. The molecule has 4 aromatic rings. The van der Waals surface area contributed by atoms with Crippen LogP contribution in [0.1, 0.15) is 33.1 Å². The van der Waals surface area contributed by atoms with Crippen LogP contribution < -0.4 is 0 Å². The number of hydrogen-bond donors (Lipinski definition) is 0. The average molecular weight is 427 g/mol. The third-order valence-corrected chi connectivity index (χ3v) is 7.15. The van der Waals surface area contributed by atoms with E-state index in [4.69, 9.17) is 0 Å². The van der Waals surface area contributed by atoms with Crippen molar-refractivity contribution >= 4 is 27.3 Å². The Labute approximate surface area is 187 Å². The summed E-state index contributed by atoms with van der Waals surface area (Å²) >= 11 is 1.65. The number of fused-ring (bicyclic) bond motifs is 1. The largest absolute Gasteiger partial charge is 0.336 e. The van der Waals surface area contributed by atoms with Crippen LogP contribution in [0.2, 0.25) is 0 Å². The van der Waals surface area contributed by atoms with Gasteiger partial charge in [0.05, 0.1) is 11.6 Å². The molecule has 4 heteroatoms. The van der Waals surface area contributed by atoms with Crippen LogP contribution in [0, 0.1) is 6.92 Å². The minimum atomic E-state index is 0.156. The van der Waals surface area contributed by atoms with Crippen LogP contribution in [-0.4, -0.2) is 41.9 Å². The fourth-order valence-corrected chi connectivity index (χ4v) is 5.43. The Morgan fingerprint density at radius 1 is 0.806 bits per heavy atom. The van der Waals surface area contributed by atoms with Gasteiger partial charge in [-0.3, -0.25) is 9.69 Å². The van der Waals surface area contributed by atoms with E-state index in [9.17, 15) is 4.79 Å². The molecule has 1 aliphatic rings. The Hall–Kier alpha value is -2.95. The molecule has 0 unspecified atom stereocenters. The van der Waals surface area contributed by atoms with Gasteiger partial charge in [0.15, 0.2) is 0 Å². The lowest BCUT2D eigenvalue weighted by Crippen LogP contribution is -2.49. The molecule has 0 saturated carbocycles. The number of thiophene rings is 1. The first-order chi connectivity index (χ1) is 15.2. The van der Waals surface area contributed by atoms with E-state index in [1.807, 2.05) is 22.4 Å². The van der Waals surface area contributed by atoms with Gasteiger partial charge >= 0.3 is 0 Å². The number of benzene rings is 3. The van der Waals surface area contributed by atoms with Crippen LogP contribution in [0.3, 0.4) is 0 Å². The number of amides is 1. The average Bonchev–Trinajstić information content (AvgIpc) is 3.25. The Morgan fingerprint density at radius 2 is 1.45 bits per heavy atom. The number of rotatable bonds is 4. The quantitative estimate of drug-likeness (QED) is 0.414. The second-order valence-corrected chi connectivity index (χ2v) is 9.11. The second kappa shape index (κ2) is 8.66. The van der Waals surface area contributed by atoms with Gasteiger partial charge in [-0.25, -0.2) is 0 Å². The first-order valence-electron chi connectivity index (χ1n) is 10.8. The summed E-state index contributed by atoms with van der Waals surface area (Å²) in [5.41, 5.74) is 4.72. The fraction of sp³-hybridized carbons (Fsp3) is 0.222. The van der Waals surface area contributed by atoms with Crippen molar-refractivity contribution in [2.45, 2.75) is 13.0 Å². The van der Waals surface area contributed by atoms with Crippen LogP contribution in [0.15, 0.2) is 84.2 Å². The van der Waals surface area contributed by atoms with Gasteiger partial charge in [0.1, 0.15) is 0 Å². The van der Waals surface area contributed by atoms with Gasteiger partial charge in [-0.15, -0.1) is 11.3 Å². The van der Waals surface area contributed by atoms with Gasteiger partial charge in [0, 0.05) is 41.6 Å². The molecule has 1 fully saturated rings. The normalized spacial score (nSPS) is 15.8. The van der Waals surface area contributed by atoms with Crippen molar-refractivity contribution in [2.75, 3.05) is 26.2 Å². The van der Waals surface area contributed by atoms with E-state index in [-0.39, 0.29) is 11.9 Å². The van der Waals surface area contributed by atoms with Gasteiger partial charge in [-0.1, -0.05) is 78.4 Å². The lowest BCUT2D eigenvalue weighted by molar-refractivity contribution is 0.0599. The monoisotopic (exact) mass is 426 g/mol. The zero-order chi connectivity index (χ0) is 21.2. The van der Waals surface area contributed by atoms with Gasteiger partial charge in [0.25, 0.3) is 5.91 Å². The highest BCUT2D eigenvalue weighted by Gasteiger charge is 2.29. The number of carbonyl (C=O) groups excluding carboxylic acids is 1. The van der Waals surface area contributed by atoms with Crippen LogP contribution >= 0.6 is 11.3 Å². The zero-order valence-electron chi connectivity index (χ0n) is 17.7. The minimum absolute atomic E-state index is 0.156. The van der Waals surface area contributed by atoms with Gasteiger partial charge in [-0.05, 0) is 24.1 Å². The van der Waals surface area contributed by atoms with Crippen molar-refractivity contribution in [3.05, 3.63) is 106 Å². The molecule has 0 bridgehead atoms. The van der Waals surface area contributed by atoms with Crippen molar-refractivity contribution in [3.8, 4) is 0 Å². The van der Waals surface area contributed by atoms with Gasteiger partial charge in [-0.2, -0.15) is 0 Å². The SMILES string of the molecule is Cc1ccc([C@@H](c2ccccc2)N2CCN(C(=O)c3csc4ccccc34)CC2)cc1. The first kappa shape index (κ1) is 20.0. The van der Waals surface area contributed by atoms with E-state index < -0.39 is 0 Å². The molecule has 3 nitrogen and oxygen atoms in total. The molecule has 1 saturated heterocycles. The summed E-state index contributed by atoms with van der Waals surface area (Å²) in [6.45, 7) is 5.35. The molecule has 0 radical (unpaired) electrons. The zero-order valence-corrected chi connectivity index (χ0v) is 18.5. The number of hydrogen-bond acceptors (Lipinski definition) is 3. The summed E-state index contributed by atoms with van der Waals surface area (Å²) in [6, 6.07) is 27.9. The molecule has 2 heterocycles. The molecule has 1 aromatic heterocycles. The van der Waals surface area contributed by atoms with Gasteiger partial charge in [0.2, 0.25) is 0 Å². The molecule has 5 rings (SSSR count). The molecule has 3 aromatic carbocycles. The van der Waals surface area contributed by atoms with Crippen LogP contribution in [0.25, 0.3) is 10.1 Å². The highest BCUT2D eigenvalue weighted by atomic mass is 32.1. The van der Waals surface area contributed by atoms with E-state index >= 15 is 0 Å². The van der Waals surface area contributed by atoms with E-state index in [1.54, 1.807) is 11.3 Å². The van der Waals surface area contributed by atoms with E-state index in [0.29, 0.717) is 0 Å². The number of nitrogens with zero attached hydrogens (tertiary/aromatic N) is 2. The maximum absolute atomic E-state index is 13.2. The maximum Gasteiger partial charge on any atom is 0.255 e. The first-order valence-corrected chi connectivity index (χ1v) is 11.7. The van der Waals surface area contributed by atoms with Crippen LogP contribution in [0.5, 0.6) is 0 Å². The maximum atomic E-state index is 13.2. The molecule has 1 amide bonds. The van der Waals surface area contributed by atoms with Crippen LogP contribution in [0.4, 0.5) is 0 Å². The highest BCUT2D eigenvalue weighted by Crippen LogP contribution is 2.31. The Bertz CT molecular complexity index is 1170. The summed E-state index contributed by atoms with van der Waals surface area (Å²) in [5.74, 6) is 0.156. The van der Waals surface area contributed by atoms with Crippen molar-refractivity contribution in [2.24, 2.45) is 0 Å². The molecule has 0 N–H and O–H groups in total. The highest BCUT2D eigenvalue weighted by molar-refractivity contribution is 7.17. The standard InChI is InChI=1S/C27H26N2OS/c1-20-11-13-22(14-12-20)26(21-7-3-2-4-8-21)28-15-17-29(18-16-28)27(30)24-19-31-25-10-6-5-9-23(24)25/h2-14,19,26H,15-18H2,1H3/t26-/m1/s1. The Morgan fingerprint density at radius 3 is 2.19 bits per heavy atom. The summed E-state index contributed by atoms with van der Waals surface area (Å²) in [6.07, 6.45) is 0. The van der Waals surface area contributed by atoms with Crippen molar-refractivity contribution in [3.63, 3.8) is 0 Å². The second-order valence-electron chi connectivity index (χ2n) is 8.20. The van der Waals surface area contributed by atoms with Crippen molar-refractivity contribution in [1.82, 2.24) is 9.80 Å². The van der Waals surface area contributed by atoms with Crippen molar-refractivity contribution in [1.29, 1.82) is 0 Å². The predicted molar refractivity (Wildman–Crippen MR) is 129 cm³/mol. The Kier molecular flexibility index (Phi) is 5.58. The molecular weight excluding hydrogens is 400 g/mol. The molecule has 1 atom stereocenters. The molecule has 1 aliphatic heterocycles. The van der Waals surface area contributed by atoms with E-state index in [0.717, 1.165) is 37.1 Å². The molecule has 156 valence electrons. The molecule has 0 spiro atoms. The third-order valence-electron chi connectivity index (χ3n) is 6.19. The number of carbonyl (C=O) groups is 1. The van der Waals surface area contributed by atoms with Gasteiger partial charge < -0.3 is 4.90 Å². The fourth-order valence-electron chi connectivity index (χ4n) is 4.50. The topological polar surface area (TPSA) is 23.6 Å². The minimum Gasteiger partial charge on any atom is -0.336 e. The molecule has 31 heavy (non-hydrogen) atoms. The lowest BCUT2D eigenvalue weighted by atomic mass is 9.95. The lowest BCUT2D eigenvalue weighted by Gasteiger charge is -2.39. The molecular formula is C27H26N2OS. The Balaban J connectivity index is 1.36. The summed E-state index contributed by atoms with van der Waals surface area (Å²) in [7, 11) is 0. The number of piperazine rings is 1. The summed E-state index contributed by atoms with van der Waals surface area (Å²) in [5, 5.41) is 3.08. The third kappa shape index (κ3) is 4.01. The van der Waals surface area contributed by atoms with E-state index in [2.05, 4.69) is 78.6 Å². The molecule has 0 aliphatic carbocycles. The van der Waals surface area contributed by atoms with E-state index in [1.165, 1.54) is 21.4 Å². The van der Waals surface area contributed by atoms with Crippen molar-refractivity contribution < 1.29 is 4.79 Å². The van der Waals surface area contributed by atoms with Crippen LogP contribution in [-0.2, 0) is 0 Å². The summed E-state index contributed by atoms with van der Waals surface area (Å²) in [4.78, 5) is 17.8. The number of aryl methyl sites for hydroxylation is 1. The smallest absolute Gasteiger partial charge is 0.255 e.